The van der Waals surface area contributed by atoms with E-state index in [1.165, 1.54) is 6.07 Å². The lowest BCUT2D eigenvalue weighted by Gasteiger charge is -1.90. The van der Waals surface area contributed by atoms with Gasteiger partial charge in [-0.3, -0.25) is 0 Å². The molecule has 0 aliphatic heterocycles. The number of carboxylic acids is 1. The molecule has 0 saturated heterocycles. The molecule has 66 valence electrons. The van der Waals surface area contributed by atoms with Crippen LogP contribution in [0.3, 0.4) is 0 Å². The normalized spacial score (nSPS) is 8.25. The maximum Gasteiger partial charge on any atom is 0.356 e. The van der Waals surface area contributed by atoms with Gasteiger partial charge in [0.25, 0.3) is 0 Å². The molecule has 0 fully saturated rings. The van der Waals surface area contributed by atoms with E-state index < -0.39 is 5.97 Å². The highest BCUT2D eigenvalue weighted by atomic mass is 16.4. The van der Waals surface area contributed by atoms with Crippen molar-refractivity contribution in [2.45, 2.75) is 20.8 Å². The molecule has 0 unspecified atom stereocenters. The van der Waals surface area contributed by atoms with E-state index in [4.69, 9.17) is 5.11 Å². The Labute approximate surface area is 71.3 Å². The van der Waals surface area contributed by atoms with Gasteiger partial charge in [0.1, 0.15) is 0 Å². The van der Waals surface area contributed by atoms with Crippen LogP contribution >= 0.6 is 0 Å². The summed E-state index contributed by atoms with van der Waals surface area (Å²) in [5.41, 5.74) is 0.690. The van der Waals surface area contributed by atoms with Crippen molar-refractivity contribution in [2.75, 3.05) is 0 Å². The lowest BCUT2D eigenvalue weighted by atomic mass is 10.3. The largest absolute Gasteiger partial charge is 0.476 e. The molecular formula is C8H12N2O2. The molecule has 0 bridgehead atoms. The Morgan fingerprint density at radius 3 is 2.25 bits per heavy atom. The molecule has 0 spiro atoms. The Bertz CT molecular complexity index is 244. The predicted octanol–water partition coefficient (Wildman–Crippen LogP) is 1.51. The number of aryl methyl sites for hydroxylation is 1. The summed E-state index contributed by atoms with van der Waals surface area (Å²) in [6, 6.07) is 3.03. The summed E-state index contributed by atoms with van der Waals surface area (Å²) in [5.74, 6) is -1.05. The minimum atomic E-state index is -1.05. The van der Waals surface area contributed by atoms with Crippen LogP contribution in [-0.2, 0) is 0 Å². The summed E-state index contributed by atoms with van der Waals surface area (Å²) < 4.78 is 0. The molecular weight excluding hydrogens is 156 g/mol. The molecule has 0 aliphatic rings. The van der Waals surface area contributed by atoms with Crippen molar-refractivity contribution in [1.29, 1.82) is 0 Å². The maximum absolute atomic E-state index is 10.2. The molecule has 0 amide bonds. The number of hydrogen-bond donors (Lipinski definition) is 1. The van der Waals surface area contributed by atoms with Crippen molar-refractivity contribution in [2.24, 2.45) is 0 Å². The number of aromatic nitrogens is 2. The van der Waals surface area contributed by atoms with E-state index >= 15 is 0 Å². The third kappa shape index (κ3) is 3.09. The molecule has 0 aromatic carbocycles. The van der Waals surface area contributed by atoms with Gasteiger partial charge < -0.3 is 5.11 Å². The molecule has 4 nitrogen and oxygen atoms in total. The van der Waals surface area contributed by atoms with Crippen LogP contribution in [-0.4, -0.2) is 21.3 Å². The lowest BCUT2D eigenvalue weighted by molar-refractivity contribution is 0.0689. The second-order valence-corrected chi connectivity index (χ2v) is 1.87. The highest BCUT2D eigenvalue weighted by Crippen LogP contribution is 1.93. The van der Waals surface area contributed by atoms with E-state index in [1.807, 2.05) is 13.8 Å². The van der Waals surface area contributed by atoms with Gasteiger partial charge in [-0.15, -0.1) is 5.10 Å². The van der Waals surface area contributed by atoms with Crippen LogP contribution in [0.4, 0.5) is 0 Å². The number of carbonyl (C=O) groups is 1. The second-order valence-electron chi connectivity index (χ2n) is 1.87. The topological polar surface area (TPSA) is 63.1 Å². The van der Waals surface area contributed by atoms with Crippen molar-refractivity contribution in [3.63, 3.8) is 0 Å². The van der Waals surface area contributed by atoms with Crippen molar-refractivity contribution in [3.8, 4) is 0 Å². The molecule has 0 atom stereocenters. The standard InChI is InChI=1S/C6H6N2O2.C2H6/c1-4-2-3-5(6(9)10)8-7-4;1-2/h2-3H,1H3,(H,9,10);1-2H3. The SMILES string of the molecule is CC.Cc1ccc(C(=O)O)nn1. The average Bonchev–Trinajstić information content (AvgIpc) is 2.09. The third-order valence-corrected chi connectivity index (χ3v) is 1.02. The fraction of sp³-hybridized carbons (Fsp3) is 0.375. The second kappa shape index (κ2) is 5.23. The van der Waals surface area contributed by atoms with E-state index in [1.54, 1.807) is 13.0 Å². The van der Waals surface area contributed by atoms with Gasteiger partial charge in [-0.25, -0.2) is 4.79 Å². The van der Waals surface area contributed by atoms with Gasteiger partial charge in [-0.05, 0) is 19.1 Å². The van der Waals surface area contributed by atoms with Crippen LogP contribution in [0.25, 0.3) is 0 Å². The summed E-state index contributed by atoms with van der Waals surface area (Å²) in [5, 5.41) is 15.4. The van der Waals surface area contributed by atoms with E-state index in [-0.39, 0.29) is 5.69 Å². The number of nitrogens with zero attached hydrogens (tertiary/aromatic N) is 2. The lowest BCUT2D eigenvalue weighted by Crippen LogP contribution is -2.01. The van der Waals surface area contributed by atoms with Gasteiger partial charge in [-0.1, -0.05) is 13.8 Å². The van der Waals surface area contributed by atoms with Crippen molar-refractivity contribution in [1.82, 2.24) is 10.2 Å². The molecule has 1 aromatic rings. The summed E-state index contributed by atoms with van der Waals surface area (Å²) in [6.07, 6.45) is 0. The van der Waals surface area contributed by atoms with E-state index in [0.29, 0.717) is 5.69 Å². The van der Waals surface area contributed by atoms with Crippen molar-refractivity contribution < 1.29 is 9.90 Å². The van der Waals surface area contributed by atoms with Gasteiger partial charge >= 0.3 is 5.97 Å². The summed E-state index contributed by atoms with van der Waals surface area (Å²) in [4.78, 5) is 10.2. The van der Waals surface area contributed by atoms with E-state index in [2.05, 4.69) is 10.2 Å². The Balaban J connectivity index is 0.000000561. The number of rotatable bonds is 1. The van der Waals surface area contributed by atoms with Crippen LogP contribution in [0.1, 0.15) is 30.0 Å². The number of aromatic carboxylic acids is 1. The zero-order valence-electron chi connectivity index (χ0n) is 7.40. The molecule has 4 heteroatoms. The first-order valence-electron chi connectivity index (χ1n) is 3.74. The van der Waals surface area contributed by atoms with E-state index in [0.717, 1.165) is 0 Å². The molecule has 12 heavy (non-hydrogen) atoms. The Hall–Kier alpha value is -1.45. The molecule has 0 saturated carbocycles. The van der Waals surface area contributed by atoms with Gasteiger partial charge in [0.05, 0.1) is 5.69 Å². The smallest absolute Gasteiger partial charge is 0.356 e. The Morgan fingerprint density at radius 2 is 1.92 bits per heavy atom. The molecule has 1 heterocycles. The van der Waals surface area contributed by atoms with Gasteiger partial charge in [0.2, 0.25) is 0 Å². The monoisotopic (exact) mass is 168 g/mol. The minimum Gasteiger partial charge on any atom is -0.476 e. The van der Waals surface area contributed by atoms with Crippen LogP contribution in [0.5, 0.6) is 0 Å². The Kier molecular flexibility index (Phi) is 4.60. The predicted molar refractivity (Wildman–Crippen MR) is 45.1 cm³/mol. The summed E-state index contributed by atoms with van der Waals surface area (Å²) in [6.45, 7) is 5.75. The summed E-state index contributed by atoms with van der Waals surface area (Å²) >= 11 is 0. The zero-order valence-corrected chi connectivity index (χ0v) is 7.40. The van der Waals surface area contributed by atoms with Gasteiger partial charge in [0, 0.05) is 0 Å². The molecule has 1 N–H and O–H groups in total. The first-order valence-corrected chi connectivity index (χ1v) is 3.74. The average molecular weight is 168 g/mol. The third-order valence-electron chi connectivity index (χ3n) is 1.02. The van der Waals surface area contributed by atoms with Crippen LogP contribution in [0.15, 0.2) is 12.1 Å². The highest BCUT2D eigenvalue weighted by Gasteiger charge is 2.02. The van der Waals surface area contributed by atoms with Gasteiger partial charge in [-0.2, -0.15) is 5.10 Å². The van der Waals surface area contributed by atoms with Crippen molar-refractivity contribution in [3.05, 3.63) is 23.5 Å². The first-order chi connectivity index (χ1) is 5.70. The molecule has 0 radical (unpaired) electrons. The van der Waals surface area contributed by atoms with Crippen molar-refractivity contribution >= 4 is 5.97 Å². The number of carboxylic acid groups (broad SMARTS) is 1. The van der Waals surface area contributed by atoms with E-state index in [9.17, 15) is 4.79 Å². The fourth-order valence-electron chi connectivity index (χ4n) is 0.513. The maximum atomic E-state index is 10.2. The Morgan fingerprint density at radius 1 is 1.33 bits per heavy atom. The zero-order chi connectivity index (χ0) is 9.56. The molecule has 0 aliphatic carbocycles. The van der Waals surface area contributed by atoms with Gasteiger partial charge in [0.15, 0.2) is 5.69 Å². The van der Waals surface area contributed by atoms with Crippen LogP contribution in [0.2, 0.25) is 0 Å². The molecule has 1 aromatic heterocycles. The highest BCUT2D eigenvalue weighted by molar-refractivity contribution is 5.84. The van der Waals surface area contributed by atoms with Crippen LogP contribution < -0.4 is 0 Å². The first kappa shape index (κ1) is 10.6. The minimum absolute atomic E-state index is 0.0226. The fourth-order valence-corrected chi connectivity index (χ4v) is 0.513. The quantitative estimate of drug-likeness (QED) is 0.690. The van der Waals surface area contributed by atoms with Crippen LogP contribution in [0, 0.1) is 6.92 Å². The molecule has 1 rings (SSSR count). The summed E-state index contributed by atoms with van der Waals surface area (Å²) in [7, 11) is 0. The number of hydrogen-bond acceptors (Lipinski definition) is 3.